The highest BCUT2D eigenvalue weighted by Gasteiger charge is 2.54. The zero-order chi connectivity index (χ0) is 20.6. The van der Waals surface area contributed by atoms with Crippen molar-refractivity contribution in [1.29, 1.82) is 0 Å². The predicted molar refractivity (Wildman–Crippen MR) is 110 cm³/mol. The molecule has 150 valence electrons. The maximum atomic E-state index is 12.4. The van der Waals surface area contributed by atoms with Gasteiger partial charge < -0.3 is 10.0 Å². The van der Waals surface area contributed by atoms with Crippen molar-refractivity contribution in [3.05, 3.63) is 71.3 Å². The summed E-state index contributed by atoms with van der Waals surface area (Å²) in [6, 6.07) is 16.9. The average molecular weight is 410 g/mol. The second kappa shape index (κ2) is 7.64. The lowest BCUT2D eigenvalue weighted by molar-refractivity contribution is -0.158. The van der Waals surface area contributed by atoms with E-state index in [-0.39, 0.29) is 43.6 Å². The zero-order valence-corrected chi connectivity index (χ0v) is 16.8. The van der Waals surface area contributed by atoms with Crippen molar-refractivity contribution in [3.8, 4) is 11.8 Å². The standard InChI is InChI=1S/C22H22N2O4S/c1-29(27,28)23-13-19-22(20(15-25)24(19)21(26)14-23)18-11-9-17(10-12-18)8-7-16-5-3-2-4-6-16/h2-6,9-12,19-20,22,25H,13-15H2,1H3/t19-,20+,22-/m1/s1. The third-order valence-corrected chi connectivity index (χ3v) is 6.83. The van der Waals surface area contributed by atoms with Gasteiger partial charge >= 0.3 is 0 Å². The Balaban J connectivity index is 1.56. The summed E-state index contributed by atoms with van der Waals surface area (Å²) >= 11 is 0. The highest BCUT2D eigenvalue weighted by Crippen LogP contribution is 2.43. The fourth-order valence-corrected chi connectivity index (χ4v) is 4.95. The van der Waals surface area contributed by atoms with Crippen molar-refractivity contribution < 1.29 is 18.3 Å². The highest BCUT2D eigenvalue weighted by molar-refractivity contribution is 7.88. The van der Waals surface area contributed by atoms with Gasteiger partial charge in [-0.05, 0) is 29.8 Å². The molecule has 7 heteroatoms. The smallest absolute Gasteiger partial charge is 0.238 e. The minimum absolute atomic E-state index is 0.107. The number of sulfonamides is 1. The molecule has 29 heavy (non-hydrogen) atoms. The molecule has 2 aliphatic rings. The van der Waals surface area contributed by atoms with E-state index in [9.17, 15) is 18.3 Å². The summed E-state index contributed by atoms with van der Waals surface area (Å²) in [5.74, 6) is 5.88. The van der Waals surface area contributed by atoms with E-state index < -0.39 is 10.0 Å². The molecule has 0 bridgehead atoms. The first-order valence-corrected chi connectivity index (χ1v) is 11.3. The molecule has 0 saturated carbocycles. The van der Waals surface area contributed by atoms with Crippen LogP contribution in [0.1, 0.15) is 22.6 Å². The Labute approximate surface area is 170 Å². The number of hydrogen-bond donors (Lipinski definition) is 1. The molecule has 1 amide bonds. The van der Waals surface area contributed by atoms with Crippen LogP contribution in [0, 0.1) is 11.8 Å². The Bertz CT molecular complexity index is 1070. The van der Waals surface area contributed by atoms with Crippen LogP contribution >= 0.6 is 0 Å². The van der Waals surface area contributed by atoms with Crippen molar-refractivity contribution in [2.24, 2.45) is 0 Å². The molecule has 0 radical (unpaired) electrons. The number of carbonyl (C=O) groups excluding carboxylic acids is 1. The Morgan fingerprint density at radius 3 is 2.24 bits per heavy atom. The molecule has 2 aromatic carbocycles. The molecule has 2 heterocycles. The summed E-state index contributed by atoms with van der Waals surface area (Å²) in [6.45, 7) is -0.0603. The van der Waals surface area contributed by atoms with Crippen LogP contribution < -0.4 is 0 Å². The summed E-state index contributed by atoms with van der Waals surface area (Å²) in [4.78, 5) is 14.1. The van der Waals surface area contributed by atoms with Crippen molar-refractivity contribution in [3.63, 3.8) is 0 Å². The van der Waals surface area contributed by atoms with E-state index in [0.717, 1.165) is 22.9 Å². The quantitative estimate of drug-likeness (QED) is 0.767. The van der Waals surface area contributed by atoms with Gasteiger partial charge in [0.2, 0.25) is 15.9 Å². The first-order chi connectivity index (χ1) is 13.9. The first-order valence-electron chi connectivity index (χ1n) is 9.42. The minimum atomic E-state index is -3.45. The lowest BCUT2D eigenvalue weighted by Gasteiger charge is -2.58. The number of carbonyl (C=O) groups is 1. The second-order valence-electron chi connectivity index (χ2n) is 7.44. The normalized spacial score (nSPS) is 24.3. The maximum Gasteiger partial charge on any atom is 0.238 e. The fraction of sp³-hybridized carbons (Fsp3) is 0.318. The van der Waals surface area contributed by atoms with Gasteiger partial charge in [0.05, 0.1) is 31.5 Å². The van der Waals surface area contributed by atoms with Crippen LogP contribution in [0.15, 0.2) is 54.6 Å². The summed E-state index contributed by atoms with van der Waals surface area (Å²) in [6.07, 6.45) is 1.12. The third kappa shape index (κ3) is 3.79. The molecule has 2 saturated heterocycles. The van der Waals surface area contributed by atoms with E-state index in [2.05, 4.69) is 11.8 Å². The van der Waals surface area contributed by atoms with Crippen LogP contribution in [0.4, 0.5) is 0 Å². The topological polar surface area (TPSA) is 77.9 Å². The molecule has 4 rings (SSSR count). The summed E-state index contributed by atoms with van der Waals surface area (Å²) in [7, 11) is -3.45. The van der Waals surface area contributed by atoms with E-state index >= 15 is 0 Å². The van der Waals surface area contributed by atoms with Crippen molar-refractivity contribution >= 4 is 15.9 Å². The lowest BCUT2D eigenvalue weighted by atomic mass is 9.74. The van der Waals surface area contributed by atoms with Gasteiger partial charge in [0.15, 0.2) is 0 Å². The van der Waals surface area contributed by atoms with Crippen LogP contribution in [0.5, 0.6) is 0 Å². The predicted octanol–water partition coefficient (Wildman–Crippen LogP) is 1.02. The molecule has 2 aromatic rings. The Morgan fingerprint density at radius 2 is 1.66 bits per heavy atom. The van der Waals surface area contributed by atoms with Gasteiger partial charge in [-0.3, -0.25) is 4.79 Å². The maximum absolute atomic E-state index is 12.4. The van der Waals surface area contributed by atoms with Crippen LogP contribution in [0.3, 0.4) is 0 Å². The summed E-state index contributed by atoms with van der Waals surface area (Å²) < 4.78 is 25.1. The number of nitrogens with zero attached hydrogens (tertiary/aromatic N) is 2. The molecule has 1 N–H and O–H groups in total. The van der Waals surface area contributed by atoms with Gasteiger partial charge in [-0.1, -0.05) is 42.2 Å². The van der Waals surface area contributed by atoms with Crippen molar-refractivity contribution in [2.45, 2.75) is 18.0 Å². The number of aliphatic hydroxyl groups is 1. The monoisotopic (exact) mass is 410 g/mol. The molecular formula is C22H22N2O4S. The van der Waals surface area contributed by atoms with Gasteiger partial charge in [-0.25, -0.2) is 8.42 Å². The van der Waals surface area contributed by atoms with Gasteiger partial charge in [0.25, 0.3) is 0 Å². The van der Waals surface area contributed by atoms with Crippen molar-refractivity contribution in [2.75, 3.05) is 26.0 Å². The summed E-state index contributed by atoms with van der Waals surface area (Å²) in [5.41, 5.74) is 2.78. The third-order valence-electron chi connectivity index (χ3n) is 5.61. The molecule has 0 unspecified atom stereocenters. The number of piperazine rings is 1. The van der Waals surface area contributed by atoms with Gasteiger partial charge in [0.1, 0.15) is 0 Å². The number of amides is 1. The van der Waals surface area contributed by atoms with E-state index in [1.165, 1.54) is 4.31 Å². The van der Waals surface area contributed by atoms with E-state index in [1.54, 1.807) is 4.90 Å². The minimum Gasteiger partial charge on any atom is -0.394 e. The number of benzene rings is 2. The Kier molecular flexibility index (Phi) is 5.17. The fourth-order valence-electron chi connectivity index (χ4n) is 4.18. The number of aliphatic hydroxyl groups excluding tert-OH is 1. The SMILES string of the molecule is CS(=O)(=O)N1CC(=O)N2[C@H](C1)[C@@H](c1ccc(C#Cc3ccccc3)cc1)[C@@H]2CO. The molecule has 2 fully saturated rings. The first kappa shape index (κ1) is 19.6. The molecule has 0 aromatic heterocycles. The van der Waals surface area contributed by atoms with Crippen LogP contribution in [0.2, 0.25) is 0 Å². The molecule has 0 spiro atoms. The highest BCUT2D eigenvalue weighted by atomic mass is 32.2. The zero-order valence-electron chi connectivity index (χ0n) is 16.0. The number of fused-ring (bicyclic) bond motifs is 1. The lowest BCUT2D eigenvalue weighted by Crippen LogP contribution is -2.73. The van der Waals surface area contributed by atoms with Gasteiger partial charge in [0, 0.05) is 23.6 Å². The molecular weight excluding hydrogens is 388 g/mol. The van der Waals surface area contributed by atoms with Gasteiger partial charge in [-0.2, -0.15) is 4.31 Å². The van der Waals surface area contributed by atoms with Crippen LogP contribution in [-0.4, -0.2) is 66.7 Å². The molecule has 0 aliphatic carbocycles. The van der Waals surface area contributed by atoms with E-state index in [4.69, 9.17) is 0 Å². The Morgan fingerprint density at radius 1 is 1.03 bits per heavy atom. The average Bonchev–Trinajstić information content (AvgIpc) is 2.69. The second-order valence-corrected chi connectivity index (χ2v) is 9.42. The number of hydrogen-bond acceptors (Lipinski definition) is 4. The molecule has 2 aliphatic heterocycles. The van der Waals surface area contributed by atoms with E-state index in [1.807, 2.05) is 54.6 Å². The summed E-state index contributed by atoms with van der Waals surface area (Å²) in [5, 5.41) is 9.82. The van der Waals surface area contributed by atoms with Crippen molar-refractivity contribution in [1.82, 2.24) is 9.21 Å². The molecule has 6 nitrogen and oxygen atoms in total. The van der Waals surface area contributed by atoms with Crippen LogP contribution in [-0.2, 0) is 14.8 Å². The van der Waals surface area contributed by atoms with E-state index in [0.29, 0.717) is 0 Å². The number of rotatable bonds is 3. The largest absolute Gasteiger partial charge is 0.394 e. The van der Waals surface area contributed by atoms with Gasteiger partial charge in [-0.15, -0.1) is 0 Å². The molecule has 3 atom stereocenters. The Hall–Kier alpha value is -2.66. The van der Waals surface area contributed by atoms with Crippen LogP contribution in [0.25, 0.3) is 0 Å².